The summed E-state index contributed by atoms with van der Waals surface area (Å²) in [5.74, 6) is 0. The van der Waals surface area contributed by atoms with Crippen LogP contribution in [-0.4, -0.2) is 11.7 Å². The van der Waals surface area contributed by atoms with Crippen LogP contribution in [0.3, 0.4) is 0 Å². The third-order valence-electron chi connectivity index (χ3n) is 1.99. The number of rotatable bonds is 4. The van der Waals surface area contributed by atoms with Crippen LogP contribution in [0.25, 0.3) is 0 Å². The molecular weight excluding hydrogens is 310 g/mol. The Labute approximate surface area is 101 Å². The van der Waals surface area contributed by atoms with Crippen molar-refractivity contribution in [1.29, 1.82) is 0 Å². The maximum atomic E-state index is 8.70. The summed E-state index contributed by atoms with van der Waals surface area (Å²) in [5, 5.41) is 8.70. The van der Waals surface area contributed by atoms with E-state index in [4.69, 9.17) is 10.8 Å². The van der Waals surface area contributed by atoms with Gasteiger partial charge in [0.05, 0.1) is 0 Å². The molecule has 0 aromatic heterocycles. The average molecular weight is 323 g/mol. The lowest BCUT2D eigenvalue weighted by Gasteiger charge is -2.12. The molecule has 2 nitrogen and oxygen atoms in total. The quantitative estimate of drug-likeness (QED) is 0.895. The Balaban J connectivity index is 2.73. The monoisotopic (exact) mass is 321 g/mol. The van der Waals surface area contributed by atoms with E-state index in [-0.39, 0.29) is 12.6 Å². The fourth-order valence-electron chi connectivity index (χ4n) is 1.27. The Hall–Kier alpha value is 0.1000. The number of hydrogen-bond acceptors (Lipinski definition) is 2. The van der Waals surface area contributed by atoms with Gasteiger partial charge in [-0.15, -0.1) is 0 Å². The van der Waals surface area contributed by atoms with E-state index >= 15 is 0 Å². The smallest absolute Gasteiger partial charge is 0.0431 e. The van der Waals surface area contributed by atoms with E-state index in [0.29, 0.717) is 0 Å². The van der Waals surface area contributed by atoms with Crippen LogP contribution in [0.4, 0.5) is 0 Å². The van der Waals surface area contributed by atoms with E-state index < -0.39 is 0 Å². The van der Waals surface area contributed by atoms with E-state index in [1.54, 1.807) is 0 Å². The minimum atomic E-state index is -0.00375. The summed E-state index contributed by atoms with van der Waals surface area (Å²) in [7, 11) is 0. The molecule has 4 heteroatoms. The van der Waals surface area contributed by atoms with Crippen LogP contribution in [0.5, 0.6) is 0 Å². The van der Waals surface area contributed by atoms with Crippen LogP contribution in [0.2, 0.25) is 0 Å². The Morgan fingerprint density at radius 1 is 1.21 bits per heavy atom. The number of aliphatic hydroxyl groups excluding tert-OH is 1. The van der Waals surface area contributed by atoms with Crippen molar-refractivity contribution in [2.24, 2.45) is 5.73 Å². The van der Waals surface area contributed by atoms with Crippen molar-refractivity contribution in [2.45, 2.75) is 18.9 Å². The summed E-state index contributed by atoms with van der Waals surface area (Å²) in [6, 6.07) is 5.98. The van der Waals surface area contributed by atoms with E-state index in [1.807, 2.05) is 18.2 Å². The molecule has 0 aliphatic carbocycles. The lowest BCUT2D eigenvalue weighted by Crippen LogP contribution is -2.10. The molecule has 1 atom stereocenters. The predicted molar refractivity (Wildman–Crippen MR) is 65.1 cm³/mol. The molecule has 0 aliphatic heterocycles. The largest absolute Gasteiger partial charge is 0.396 e. The fraction of sp³-hybridized carbons (Fsp3) is 0.400. The van der Waals surface area contributed by atoms with Crippen LogP contribution >= 0.6 is 31.9 Å². The van der Waals surface area contributed by atoms with E-state index in [0.717, 1.165) is 27.4 Å². The van der Waals surface area contributed by atoms with Crippen LogP contribution in [0.1, 0.15) is 24.4 Å². The number of benzene rings is 1. The zero-order chi connectivity index (χ0) is 10.6. The molecule has 78 valence electrons. The Morgan fingerprint density at radius 2 is 1.79 bits per heavy atom. The Bertz CT molecular complexity index is 284. The first-order valence-corrected chi connectivity index (χ1v) is 6.04. The van der Waals surface area contributed by atoms with Crippen molar-refractivity contribution in [2.75, 3.05) is 6.61 Å². The van der Waals surface area contributed by atoms with Crippen molar-refractivity contribution >= 4 is 31.9 Å². The van der Waals surface area contributed by atoms with Crippen molar-refractivity contribution < 1.29 is 5.11 Å². The van der Waals surface area contributed by atoms with Crippen LogP contribution in [-0.2, 0) is 0 Å². The van der Waals surface area contributed by atoms with Gasteiger partial charge in [-0.25, -0.2) is 0 Å². The molecule has 0 bridgehead atoms. The summed E-state index contributed by atoms with van der Waals surface area (Å²) in [5.41, 5.74) is 7.05. The third kappa shape index (κ3) is 3.69. The highest BCUT2D eigenvalue weighted by atomic mass is 79.9. The van der Waals surface area contributed by atoms with Crippen LogP contribution in [0, 0.1) is 0 Å². The molecule has 0 spiro atoms. The minimum Gasteiger partial charge on any atom is -0.396 e. The van der Waals surface area contributed by atoms with E-state index in [9.17, 15) is 0 Å². The first kappa shape index (κ1) is 12.2. The predicted octanol–water partition coefficient (Wildman–Crippen LogP) is 2.98. The first-order chi connectivity index (χ1) is 6.63. The van der Waals surface area contributed by atoms with Gasteiger partial charge in [0.1, 0.15) is 0 Å². The number of hydrogen-bond donors (Lipinski definition) is 2. The van der Waals surface area contributed by atoms with Crippen molar-refractivity contribution in [3.05, 3.63) is 32.7 Å². The maximum absolute atomic E-state index is 8.70. The molecule has 14 heavy (non-hydrogen) atoms. The molecule has 0 unspecified atom stereocenters. The molecule has 0 heterocycles. The summed E-state index contributed by atoms with van der Waals surface area (Å²) in [6.45, 7) is 0.197. The molecule has 0 radical (unpaired) electrons. The second kappa shape index (κ2) is 5.85. The highest BCUT2D eigenvalue weighted by Crippen LogP contribution is 2.25. The van der Waals surface area contributed by atoms with Gasteiger partial charge in [-0.1, -0.05) is 31.9 Å². The number of nitrogens with two attached hydrogens (primary N) is 1. The van der Waals surface area contributed by atoms with Gasteiger partial charge in [0.15, 0.2) is 0 Å². The molecule has 1 aromatic carbocycles. The van der Waals surface area contributed by atoms with Crippen molar-refractivity contribution in [1.82, 2.24) is 0 Å². The molecule has 0 saturated heterocycles. The second-order valence-electron chi connectivity index (χ2n) is 3.18. The highest BCUT2D eigenvalue weighted by molar-refractivity contribution is 9.11. The van der Waals surface area contributed by atoms with Crippen LogP contribution < -0.4 is 5.73 Å². The molecule has 0 amide bonds. The minimum absolute atomic E-state index is 0.00375. The number of halogens is 2. The van der Waals surface area contributed by atoms with E-state index in [1.165, 1.54) is 0 Å². The molecule has 0 saturated carbocycles. The van der Waals surface area contributed by atoms with Crippen molar-refractivity contribution in [3.63, 3.8) is 0 Å². The third-order valence-corrected chi connectivity index (χ3v) is 2.90. The molecule has 0 fully saturated rings. The normalized spacial score (nSPS) is 12.9. The lowest BCUT2D eigenvalue weighted by atomic mass is 10.0. The zero-order valence-corrected chi connectivity index (χ0v) is 10.9. The Morgan fingerprint density at radius 3 is 2.29 bits per heavy atom. The second-order valence-corrected chi connectivity index (χ2v) is 5.01. The molecule has 3 N–H and O–H groups in total. The molecule has 1 aromatic rings. The molecule has 0 aliphatic rings. The summed E-state index contributed by atoms with van der Waals surface area (Å²) in [4.78, 5) is 0. The van der Waals surface area contributed by atoms with E-state index in [2.05, 4.69) is 31.9 Å². The summed E-state index contributed by atoms with van der Waals surface area (Å²) >= 11 is 6.83. The van der Waals surface area contributed by atoms with Gasteiger partial charge in [0.2, 0.25) is 0 Å². The average Bonchev–Trinajstić information content (AvgIpc) is 2.12. The van der Waals surface area contributed by atoms with Crippen molar-refractivity contribution in [3.8, 4) is 0 Å². The van der Waals surface area contributed by atoms with Gasteiger partial charge in [-0.05, 0) is 36.6 Å². The fourth-order valence-corrected chi connectivity index (χ4v) is 2.60. The molecule has 1 rings (SSSR count). The maximum Gasteiger partial charge on any atom is 0.0431 e. The van der Waals surface area contributed by atoms with Gasteiger partial charge < -0.3 is 10.8 Å². The highest BCUT2D eigenvalue weighted by Gasteiger charge is 2.06. The SMILES string of the molecule is N[C@@H](CCCO)c1cc(Br)cc(Br)c1. The summed E-state index contributed by atoms with van der Waals surface area (Å²) in [6.07, 6.45) is 1.55. The first-order valence-electron chi connectivity index (χ1n) is 4.46. The van der Waals surface area contributed by atoms with Gasteiger partial charge in [0, 0.05) is 21.6 Å². The van der Waals surface area contributed by atoms with Gasteiger partial charge >= 0.3 is 0 Å². The zero-order valence-electron chi connectivity index (χ0n) is 7.71. The van der Waals surface area contributed by atoms with Gasteiger partial charge in [0.25, 0.3) is 0 Å². The summed E-state index contributed by atoms with van der Waals surface area (Å²) < 4.78 is 2.03. The topological polar surface area (TPSA) is 46.2 Å². The lowest BCUT2D eigenvalue weighted by molar-refractivity contribution is 0.280. The Kier molecular flexibility index (Phi) is 5.09. The van der Waals surface area contributed by atoms with Gasteiger partial charge in [-0.2, -0.15) is 0 Å². The number of aliphatic hydroxyl groups is 1. The van der Waals surface area contributed by atoms with Crippen LogP contribution in [0.15, 0.2) is 27.1 Å². The molecular formula is C10H13Br2NO. The van der Waals surface area contributed by atoms with Gasteiger partial charge in [-0.3, -0.25) is 0 Å². The standard InChI is InChI=1S/C10H13Br2NO/c11-8-4-7(5-9(12)6-8)10(13)2-1-3-14/h4-6,10,14H,1-3,13H2/t10-/m0/s1.